The predicted molar refractivity (Wildman–Crippen MR) is 92.4 cm³/mol. The molecular weight excluding hydrogens is 298 g/mol. The van der Waals surface area contributed by atoms with E-state index in [2.05, 4.69) is 27.6 Å². The molecule has 3 N–H and O–H groups in total. The van der Waals surface area contributed by atoms with E-state index in [0.29, 0.717) is 17.7 Å². The Morgan fingerprint density at radius 2 is 1.91 bits per heavy atom. The fraction of sp³-hybridized carbons (Fsp3) is 0.267. The molecule has 1 aromatic carbocycles. The van der Waals surface area contributed by atoms with E-state index in [9.17, 15) is 4.79 Å². The lowest BCUT2D eigenvalue weighted by Gasteiger charge is -2.03. The lowest BCUT2D eigenvalue weighted by molar-refractivity contribution is 0.777. The Labute approximate surface area is 133 Å². The number of rotatable bonds is 2. The van der Waals surface area contributed by atoms with E-state index in [1.54, 1.807) is 4.57 Å². The highest BCUT2D eigenvalue weighted by atomic mass is 32.1. The van der Waals surface area contributed by atoms with Crippen LogP contribution >= 0.6 is 12.6 Å². The van der Waals surface area contributed by atoms with E-state index in [1.807, 2.05) is 38.1 Å². The van der Waals surface area contributed by atoms with Gasteiger partial charge in [-0.2, -0.15) is 12.6 Å². The second kappa shape index (κ2) is 7.13. The maximum Gasteiger partial charge on any atom is 0.328 e. The van der Waals surface area contributed by atoms with Gasteiger partial charge in [0.15, 0.2) is 11.5 Å². The first-order chi connectivity index (χ1) is 10.6. The molecule has 0 aliphatic heterocycles. The minimum absolute atomic E-state index is 0.234. The fourth-order valence-corrected chi connectivity index (χ4v) is 2.01. The predicted octanol–water partition coefficient (Wildman–Crippen LogP) is 1.99. The second-order valence-electron chi connectivity index (χ2n) is 4.78. The molecule has 0 saturated heterocycles. The fourth-order valence-electron chi connectivity index (χ4n) is 2.01. The Bertz CT molecular complexity index is 807. The molecule has 2 aromatic heterocycles. The van der Waals surface area contributed by atoms with Crippen LogP contribution in [0.25, 0.3) is 11.2 Å². The summed E-state index contributed by atoms with van der Waals surface area (Å²) in [6, 6.07) is 8.01. The van der Waals surface area contributed by atoms with Crippen LogP contribution in [-0.2, 0) is 6.54 Å². The van der Waals surface area contributed by atoms with Gasteiger partial charge in [-0.05, 0) is 18.2 Å². The topological polar surface area (TPSA) is 89.6 Å². The van der Waals surface area contributed by atoms with Crippen LogP contribution in [0.5, 0.6) is 0 Å². The maximum absolute atomic E-state index is 11.9. The summed E-state index contributed by atoms with van der Waals surface area (Å²) in [6.07, 6.45) is 1.36. The third-order valence-corrected chi connectivity index (χ3v) is 3.05. The van der Waals surface area contributed by atoms with Crippen molar-refractivity contribution in [2.24, 2.45) is 0 Å². The molecule has 0 atom stereocenters. The molecule has 3 rings (SSSR count). The minimum Gasteiger partial charge on any atom is -0.382 e. The van der Waals surface area contributed by atoms with Gasteiger partial charge in [-0.25, -0.2) is 14.8 Å². The van der Waals surface area contributed by atoms with Crippen molar-refractivity contribution in [2.45, 2.75) is 20.4 Å². The highest BCUT2D eigenvalue weighted by Gasteiger charge is 2.11. The van der Waals surface area contributed by atoms with Crippen LogP contribution in [0.2, 0.25) is 0 Å². The van der Waals surface area contributed by atoms with Crippen molar-refractivity contribution < 1.29 is 0 Å². The summed E-state index contributed by atoms with van der Waals surface area (Å²) in [5.41, 5.74) is 8.71. The Balaban J connectivity index is 0.000000545. The highest BCUT2D eigenvalue weighted by Crippen LogP contribution is 2.13. The summed E-state index contributed by atoms with van der Waals surface area (Å²) in [6.45, 7) is 4.47. The van der Waals surface area contributed by atoms with Crippen molar-refractivity contribution in [1.29, 1.82) is 0 Å². The van der Waals surface area contributed by atoms with Crippen LogP contribution in [0.3, 0.4) is 0 Å². The van der Waals surface area contributed by atoms with Gasteiger partial charge in [-0.15, -0.1) is 0 Å². The monoisotopic (exact) mass is 317 g/mol. The average Bonchev–Trinajstić information content (AvgIpc) is 2.80. The van der Waals surface area contributed by atoms with Crippen molar-refractivity contribution >= 4 is 29.6 Å². The van der Waals surface area contributed by atoms with Crippen molar-refractivity contribution in [3.05, 3.63) is 52.2 Å². The van der Waals surface area contributed by atoms with Gasteiger partial charge in [-0.1, -0.05) is 36.8 Å². The van der Waals surface area contributed by atoms with Gasteiger partial charge >= 0.3 is 5.69 Å². The number of hydrogen-bond donors (Lipinski definition) is 3. The summed E-state index contributed by atoms with van der Waals surface area (Å²) in [4.78, 5) is 22.6. The van der Waals surface area contributed by atoms with E-state index in [0.717, 1.165) is 11.3 Å². The van der Waals surface area contributed by atoms with E-state index in [1.165, 1.54) is 11.9 Å². The number of nitrogens with two attached hydrogens (primary N) is 1. The molecular formula is C15H19N5OS. The SMILES string of the molecule is CCS.Cc1ccc(Cn2c(=O)[nH]c3c(N)ncnc32)cc1. The molecule has 0 bridgehead atoms. The zero-order valence-electron chi connectivity index (χ0n) is 12.6. The number of benzene rings is 1. The van der Waals surface area contributed by atoms with Gasteiger partial charge in [0, 0.05) is 0 Å². The summed E-state index contributed by atoms with van der Waals surface area (Å²) < 4.78 is 1.55. The first kappa shape index (κ1) is 16.1. The number of aryl methyl sites for hydroxylation is 1. The number of aromatic amines is 1. The molecule has 0 spiro atoms. The Morgan fingerprint density at radius 3 is 2.55 bits per heavy atom. The Kier molecular flexibility index (Phi) is 5.21. The van der Waals surface area contributed by atoms with Crippen LogP contribution in [-0.4, -0.2) is 25.3 Å². The van der Waals surface area contributed by atoms with Crippen LogP contribution in [0.15, 0.2) is 35.4 Å². The number of hydrogen-bond acceptors (Lipinski definition) is 5. The molecule has 0 radical (unpaired) electrons. The molecule has 0 unspecified atom stereocenters. The van der Waals surface area contributed by atoms with Gasteiger partial charge in [0.2, 0.25) is 0 Å². The van der Waals surface area contributed by atoms with Gasteiger partial charge in [0.05, 0.1) is 6.54 Å². The van der Waals surface area contributed by atoms with Crippen LogP contribution in [0.4, 0.5) is 5.82 Å². The van der Waals surface area contributed by atoms with Crippen molar-refractivity contribution in [3.8, 4) is 0 Å². The molecule has 0 amide bonds. The number of nitrogen functional groups attached to an aromatic ring is 1. The van der Waals surface area contributed by atoms with E-state index in [4.69, 9.17) is 5.73 Å². The van der Waals surface area contributed by atoms with E-state index < -0.39 is 0 Å². The van der Waals surface area contributed by atoms with Crippen LogP contribution < -0.4 is 11.4 Å². The first-order valence-corrected chi connectivity index (χ1v) is 7.55. The normalized spacial score (nSPS) is 10.3. The standard InChI is InChI=1S/C13H13N5O.C2H6S/c1-8-2-4-9(5-3-8)6-18-12-10(17-13(18)19)11(14)15-7-16-12;1-2-3/h2-5,7H,6H2,1H3,(H,17,19)(H2,14,15,16);3H,2H2,1H3. The third-order valence-electron chi connectivity index (χ3n) is 3.05. The zero-order chi connectivity index (χ0) is 16.1. The molecule has 0 aliphatic rings. The number of aromatic nitrogens is 4. The van der Waals surface area contributed by atoms with Crippen molar-refractivity contribution in [3.63, 3.8) is 0 Å². The van der Waals surface area contributed by atoms with Crippen molar-refractivity contribution in [1.82, 2.24) is 19.5 Å². The second-order valence-corrected chi connectivity index (χ2v) is 5.41. The first-order valence-electron chi connectivity index (χ1n) is 6.92. The molecule has 0 aliphatic carbocycles. The summed E-state index contributed by atoms with van der Waals surface area (Å²) >= 11 is 3.79. The number of H-pyrrole nitrogens is 1. The lowest BCUT2D eigenvalue weighted by Crippen LogP contribution is -2.17. The largest absolute Gasteiger partial charge is 0.382 e. The quantitative estimate of drug-likeness (QED) is 0.631. The third kappa shape index (κ3) is 3.48. The molecule has 7 heteroatoms. The van der Waals surface area contributed by atoms with Gasteiger partial charge < -0.3 is 10.7 Å². The van der Waals surface area contributed by atoms with E-state index in [-0.39, 0.29) is 11.5 Å². The van der Waals surface area contributed by atoms with Crippen molar-refractivity contribution in [2.75, 3.05) is 11.5 Å². The summed E-state index contributed by atoms with van der Waals surface area (Å²) in [7, 11) is 0. The molecule has 2 heterocycles. The molecule has 0 saturated carbocycles. The summed E-state index contributed by atoms with van der Waals surface area (Å²) in [5, 5.41) is 0. The number of nitrogens with zero attached hydrogens (tertiary/aromatic N) is 3. The van der Waals surface area contributed by atoms with Crippen LogP contribution in [0, 0.1) is 6.92 Å². The van der Waals surface area contributed by atoms with Crippen LogP contribution in [0.1, 0.15) is 18.1 Å². The highest BCUT2D eigenvalue weighted by molar-refractivity contribution is 7.80. The molecule has 116 valence electrons. The maximum atomic E-state index is 11.9. The zero-order valence-corrected chi connectivity index (χ0v) is 13.5. The summed E-state index contributed by atoms with van der Waals surface area (Å²) in [5.74, 6) is 1.23. The number of anilines is 1. The van der Waals surface area contributed by atoms with E-state index >= 15 is 0 Å². The molecule has 3 aromatic rings. The molecule has 22 heavy (non-hydrogen) atoms. The Morgan fingerprint density at radius 1 is 1.27 bits per heavy atom. The lowest BCUT2D eigenvalue weighted by atomic mass is 10.1. The smallest absolute Gasteiger partial charge is 0.328 e. The van der Waals surface area contributed by atoms with Gasteiger partial charge in [-0.3, -0.25) is 4.57 Å². The number of fused-ring (bicyclic) bond motifs is 1. The average molecular weight is 317 g/mol. The number of nitrogens with one attached hydrogen (secondary N) is 1. The Hall–Kier alpha value is -2.28. The van der Waals surface area contributed by atoms with Gasteiger partial charge in [0.1, 0.15) is 11.8 Å². The number of thiol groups is 1. The molecule has 0 fully saturated rings. The van der Waals surface area contributed by atoms with Gasteiger partial charge in [0.25, 0.3) is 0 Å². The molecule has 6 nitrogen and oxygen atoms in total. The number of imidazole rings is 1. The minimum atomic E-state index is -0.234.